The molecule has 1 aromatic heterocycles. The highest BCUT2D eigenvalue weighted by Crippen LogP contribution is 2.31. The Morgan fingerprint density at radius 3 is 2.15 bits per heavy atom. The van der Waals surface area contributed by atoms with E-state index >= 15 is 0 Å². The first-order valence-electron chi connectivity index (χ1n) is 7.82. The molecule has 2 heterocycles. The monoisotopic (exact) mass is 409 g/mol. The van der Waals surface area contributed by atoms with Crippen LogP contribution in [0.25, 0.3) is 0 Å². The Morgan fingerprint density at radius 1 is 1.00 bits per heavy atom. The van der Waals surface area contributed by atoms with Crippen molar-refractivity contribution in [1.82, 2.24) is 15.5 Å². The minimum atomic E-state index is -0.616. The van der Waals surface area contributed by atoms with E-state index in [1.165, 1.54) is 24.5 Å². The first-order valence-corrected chi connectivity index (χ1v) is 8.57. The molecule has 1 aliphatic rings. The molecule has 0 spiro atoms. The van der Waals surface area contributed by atoms with Crippen LogP contribution in [0.4, 0.5) is 0 Å². The van der Waals surface area contributed by atoms with Gasteiger partial charge in [-0.3, -0.25) is 24.1 Å². The number of hydrogen-bond acceptors (Lipinski definition) is 5. The molecule has 0 bridgehead atoms. The molecule has 0 saturated heterocycles. The van der Waals surface area contributed by atoms with Crippen molar-refractivity contribution in [3.05, 3.63) is 57.5 Å². The predicted molar refractivity (Wildman–Crippen MR) is 95.9 cm³/mol. The number of furan rings is 1. The fraction of sp³-hybridized carbons (Fsp3) is 0.176. The van der Waals surface area contributed by atoms with Crippen LogP contribution in [0.1, 0.15) is 31.3 Å². The Kier molecular flexibility index (Phi) is 5.48. The van der Waals surface area contributed by atoms with Crippen molar-refractivity contribution in [2.75, 3.05) is 19.6 Å². The van der Waals surface area contributed by atoms with E-state index < -0.39 is 30.2 Å². The number of hydrogen-bond donors (Lipinski definition) is 2. The van der Waals surface area contributed by atoms with Crippen LogP contribution in [0.5, 0.6) is 0 Å². The number of carbonyl (C=O) groups is 4. The molecule has 8 nitrogen and oxygen atoms in total. The van der Waals surface area contributed by atoms with Gasteiger partial charge in [-0.15, -0.1) is 0 Å². The zero-order valence-corrected chi connectivity index (χ0v) is 15.3. The van der Waals surface area contributed by atoms with Crippen molar-refractivity contribution in [2.45, 2.75) is 0 Å². The summed E-state index contributed by atoms with van der Waals surface area (Å²) in [6, 6.07) is 5.71. The first-order chi connectivity index (χ1) is 12.9. The smallest absolute Gasteiger partial charge is 0.287 e. The highest BCUT2D eigenvalue weighted by molar-refractivity contribution is 6.43. The van der Waals surface area contributed by atoms with Gasteiger partial charge < -0.3 is 15.1 Å². The van der Waals surface area contributed by atoms with Crippen LogP contribution in [0.2, 0.25) is 10.0 Å². The fourth-order valence-electron chi connectivity index (χ4n) is 2.50. The van der Waals surface area contributed by atoms with Gasteiger partial charge in [-0.05, 0) is 24.3 Å². The van der Waals surface area contributed by atoms with Crippen molar-refractivity contribution in [3.8, 4) is 0 Å². The summed E-state index contributed by atoms with van der Waals surface area (Å²) < 4.78 is 4.93. The number of amides is 4. The Hall–Kier alpha value is -2.84. The average Bonchev–Trinajstić information content (AvgIpc) is 3.24. The number of nitrogens with one attached hydrogen (secondary N) is 2. The SMILES string of the molecule is O=C(CN1C(=O)c2cc(Cl)c(Cl)cc2C1=O)NCCNC(=O)c1ccco1. The van der Waals surface area contributed by atoms with E-state index in [9.17, 15) is 19.2 Å². The van der Waals surface area contributed by atoms with Gasteiger partial charge >= 0.3 is 0 Å². The Balaban J connectivity index is 1.50. The zero-order chi connectivity index (χ0) is 19.6. The van der Waals surface area contributed by atoms with Gasteiger partial charge in [-0.25, -0.2) is 0 Å². The molecule has 0 unspecified atom stereocenters. The van der Waals surface area contributed by atoms with E-state index in [1.807, 2.05) is 0 Å². The molecule has 0 radical (unpaired) electrons. The van der Waals surface area contributed by atoms with Crippen LogP contribution in [-0.4, -0.2) is 48.2 Å². The lowest BCUT2D eigenvalue weighted by atomic mass is 10.1. The molecule has 10 heteroatoms. The normalized spacial score (nSPS) is 12.9. The summed E-state index contributed by atoms with van der Waals surface area (Å²) in [4.78, 5) is 49.1. The molecule has 2 N–H and O–H groups in total. The van der Waals surface area contributed by atoms with Gasteiger partial charge in [-0.2, -0.15) is 0 Å². The zero-order valence-electron chi connectivity index (χ0n) is 13.8. The summed E-state index contributed by atoms with van der Waals surface area (Å²) in [5.41, 5.74) is 0.209. The number of halogens is 2. The lowest BCUT2D eigenvalue weighted by Gasteiger charge is -2.13. The van der Waals surface area contributed by atoms with Crippen LogP contribution in [0.3, 0.4) is 0 Å². The predicted octanol–water partition coefficient (Wildman–Crippen LogP) is 1.73. The van der Waals surface area contributed by atoms with Gasteiger partial charge in [0.05, 0.1) is 27.4 Å². The third kappa shape index (κ3) is 3.96. The second-order valence-electron chi connectivity index (χ2n) is 5.59. The average molecular weight is 410 g/mol. The standard InChI is InChI=1S/C17H13Cl2N3O5/c18-11-6-9-10(7-12(11)19)17(26)22(16(9)25)8-14(23)20-3-4-21-15(24)13-2-1-5-27-13/h1-2,5-7H,3-4,8H2,(H,20,23)(H,21,24). The molecule has 27 heavy (non-hydrogen) atoms. The Morgan fingerprint density at radius 2 is 1.59 bits per heavy atom. The summed E-state index contributed by atoms with van der Waals surface area (Å²) in [6.07, 6.45) is 1.37. The van der Waals surface area contributed by atoms with Gasteiger partial charge in [0.15, 0.2) is 5.76 Å². The molecule has 0 saturated carbocycles. The van der Waals surface area contributed by atoms with Crippen LogP contribution in [-0.2, 0) is 4.79 Å². The molecule has 0 fully saturated rings. The van der Waals surface area contributed by atoms with Gasteiger partial charge in [0.2, 0.25) is 5.91 Å². The van der Waals surface area contributed by atoms with E-state index in [1.54, 1.807) is 6.07 Å². The molecule has 140 valence electrons. The third-order valence-electron chi connectivity index (χ3n) is 3.79. The maximum absolute atomic E-state index is 12.3. The summed E-state index contributed by atoms with van der Waals surface area (Å²) in [6.45, 7) is -0.182. The highest BCUT2D eigenvalue weighted by Gasteiger charge is 2.37. The van der Waals surface area contributed by atoms with Gasteiger partial charge in [0, 0.05) is 13.1 Å². The third-order valence-corrected chi connectivity index (χ3v) is 4.51. The van der Waals surface area contributed by atoms with Crippen molar-refractivity contribution < 1.29 is 23.6 Å². The van der Waals surface area contributed by atoms with Gasteiger partial charge in [-0.1, -0.05) is 23.2 Å². The van der Waals surface area contributed by atoms with Crippen molar-refractivity contribution in [1.29, 1.82) is 0 Å². The maximum Gasteiger partial charge on any atom is 0.287 e. The number of imide groups is 1. The summed E-state index contributed by atoms with van der Waals surface area (Å²) in [5, 5.41) is 5.37. The van der Waals surface area contributed by atoms with Crippen molar-refractivity contribution in [2.24, 2.45) is 0 Å². The molecule has 4 amide bonds. The minimum absolute atomic E-state index is 0.105. The Labute approximate surface area is 163 Å². The number of rotatable bonds is 6. The Bertz CT molecular complexity index is 886. The van der Waals surface area contributed by atoms with Crippen molar-refractivity contribution in [3.63, 3.8) is 0 Å². The number of fused-ring (bicyclic) bond motifs is 1. The second-order valence-corrected chi connectivity index (χ2v) is 6.41. The van der Waals surface area contributed by atoms with Crippen LogP contribution >= 0.6 is 23.2 Å². The quantitative estimate of drug-likeness (QED) is 0.557. The molecule has 0 atom stereocenters. The molecule has 3 rings (SSSR count). The summed E-state index contributed by atoms with van der Waals surface area (Å²) in [7, 11) is 0. The summed E-state index contributed by atoms with van der Waals surface area (Å²) >= 11 is 11.7. The van der Waals surface area contributed by atoms with Gasteiger partial charge in [0.1, 0.15) is 6.54 Å². The largest absolute Gasteiger partial charge is 0.459 e. The molecule has 2 aromatic rings. The molecular weight excluding hydrogens is 397 g/mol. The molecule has 0 aliphatic carbocycles. The van der Waals surface area contributed by atoms with E-state index in [0.717, 1.165) is 4.90 Å². The summed E-state index contributed by atoms with van der Waals surface area (Å²) in [5.74, 6) is -2.04. The molecular formula is C17H13Cl2N3O5. The van der Waals surface area contributed by atoms with E-state index in [2.05, 4.69) is 10.6 Å². The molecule has 1 aliphatic heterocycles. The van der Waals surface area contributed by atoms with Crippen LogP contribution < -0.4 is 10.6 Å². The molecule has 1 aromatic carbocycles. The lowest BCUT2D eigenvalue weighted by Crippen LogP contribution is -2.42. The maximum atomic E-state index is 12.3. The topological polar surface area (TPSA) is 109 Å². The van der Waals surface area contributed by atoms with Crippen LogP contribution in [0, 0.1) is 0 Å². The van der Waals surface area contributed by atoms with Crippen LogP contribution in [0.15, 0.2) is 34.9 Å². The highest BCUT2D eigenvalue weighted by atomic mass is 35.5. The second kappa shape index (κ2) is 7.81. The first kappa shape index (κ1) is 18.9. The van der Waals surface area contributed by atoms with E-state index in [-0.39, 0.29) is 40.0 Å². The number of nitrogens with zero attached hydrogens (tertiary/aromatic N) is 1. The van der Waals surface area contributed by atoms with E-state index in [0.29, 0.717) is 0 Å². The van der Waals surface area contributed by atoms with Crippen molar-refractivity contribution >= 4 is 46.8 Å². The lowest BCUT2D eigenvalue weighted by molar-refractivity contribution is -0.121. The number of benzene rings is 1. The fourth-order valence-corrected chi connectivity index (χ4v) is 2.83. The van der Waals surface area contributed by atoms with E-state index in [4.69, 9.17) is 27.6 Å². The minimum Gasteiger partial charge on any atom is -0.459 e. The number of carbonyl (C=O) groups excluding carboxylic acids is 4. The van der Waals surface area contributed by atoms with Gasteiger partial charge in [0.25, 0.3) is 17.7 Å².